The number of amides is 1. The summed E-state index contributed by atoms with van der Waals surface area (Å²) in [5.41, 5.74) is 0. The van der Waals surface area contributed by atoms with Gasteiger partial charge in [-0.25, -0.2) is 0 Å². The fourth-order valence-electron chi connectivity index (χ4n) is 2.58. The van der Waals surface area contributed by atoms with E-state index in [0.717, 1.165) is 12.8 Å². The fourth-order valence-corrected chi connectivity index (χ4v) is 2.58. The van der Waals surface area contributed by atoms with E-state index in [-0.39, 0.29) is 11.8 Å². The van der Waals surface area contributed by atoms with Crippen LogP contribution in [0.4, 0.5) is 13.2 Å². The lowest BCUT2D eigenvalue weighted by Gasteiger charge is -2.33. The van der Waals surface area contributed by atoms with Crippen molar-refractivity contribution < 1.29 is 27.2 Å². The molecule has 1 aliphatic heterocycles. The first-order chi connectivity index (χ1) is 11.2. The molecule has 1 amide bonds. The fraction of sp³-hybridized carbons (Fsp3) is 0.800. The van der Waals surface area contributed by atoms with Crippen molar-refractivity contribution in [2.75, 3.05) is 19.7 Å². The molecule has 1 aromatic heterocycles. The number of carbonyl (C=O) groups excluding carboxylic acids is 1. The van der Waals surface area contributed by atoms with Crippen molar-refractivity contribution in [2.24, 2.45) is 0 Å². The number of hydrogen-bond acceptors (Lipinski definition) is 5. The van der Waals surface area contributed by atoms with Gasteiger partial charge in [0.25, 0.3) is 5.91 Å². The first-order valence-corrected chi connectivity index (χ1v) is 7.98. The van der Waals surface area contributed by atoms with Gasteiger partial charge in [-0.15, -0.1) is 0 Å². The van der Waals surface area contributed by atoms with Crippen LogP contribution in [0.3, 0.4) is 0 Å². The Balaban J connectivity index is 1.95. The Bertz CT molecular complexity index is 560. The van der Waals surface area contributed by atoms with Crippen LogP contribution in [0.25, 0.3) is 0 Å². The molecule has 0 spiro atoms. The minimum atomic E-state index is -4.45. The van der Waals surface area contributed by atoms with Crippen molar-refractivity contribution in [3.8, 4) is 0 Å². The van der Waals surface area contributed by atoms with Gasteiger partial charge in [-0.1, -0.05) is 19.0 Å². The molecular formula is C15H22F3N3O3. The standard InChI is InChI=1S/C15H22F3N3O3/c1-9(2)13-19-12(20-24-13)11-5-4-6-21(7-11)14(22)10(3)23-8-15(16,17)18/h9-11H,4-8H2,1-3H3/t10-,11+/m0/s1. The molecule has 0 aliphatic carbocycles. The number of hydrogen-bond donors (Lipinski definition) is 0. The summed E-state index contributed by atoms with van der Waals surface area (Å²) >= 11 is 0. The van der Waals surface area contributed by atoms with Crippen molar-refractivity contribution in [1.82, 2.24) is 15.0 Å². The molecule has 1 fully saturated rings. The molecule has 2 atom stereocenters. The minimum absolute atomic E-state index is 0.0752. The highest BCUT2D eigenvalue weighted by atomic mass is 19.4. The zero-order valence-electron chi connectivity index (χ0n) is 14.0. The molecule has 0 saturated carbocycles. The molecule has 2 rings (SSSR count). The third-order valence-electron chi connectivity index (χ3n) is 3.89. The van der Waals surface area contributed by atoms with E-state index in [1.54, 1.807) is 0 Å². The first-order valence-electron chi connectivity index (χ1n) is 7.98. The molecule has 1 saturated heterocycles. The molecular weight excluding hydrogens is 327 g/mol. The Morgan fingerprint density at radius 2 is 2.12 bits per heavy atom. The Kier molecular flexibility index (Phi) is 5.84. The van der Waals surface area contributed by atoms with E-state index in [2.05, 4.69) is 14.9 Å². The normalized spacial score (nSPS) is 20.5. The number of rotatable bonds is 5. The molecule has 9 heteroatoms. The van der Waals surface area contributed by atoms with Crippen LogP contribution in [0.2, 0.25) is 0 Å². The van der Waals surface area contributed by atoms with Crippen LogP contribution in [0, 0.1) is 0 Å². The van der Waals surface area contributed by atoms with E-state index in [1.165, 1.54) is 11.8 Å². The Morgan fingerprint density at radius 1 is 1.42 bits per heavy atom. The summed E-state index contributed by atoms with van der Waals surface area (Å²) < 4.78 is 46.4. The highest BCUT2D eigenvalue weighted by molar-refractivity contribution is 5.80. The number of halogens is 3. The molecule has 1 aromatic rings. The lowest BCUT2D eigenvalue weighted by Crippen LogP contribution is -2.45. The van der Waals surface area contributed by atoms with Gasteiger partial charge >= 0.3 is 6.18 Å². The molecule has 0 bridgehead atoms. The van der Waals surface area contributed by atoms with Gasteiger partial charge in [0.2, 0.25) is 5.89 Å². The third-order valence-corrected chi connectivity index (χ3v) is 3.89. The van der Waals surface area contributed by atoms with Gasteiger partial charge in [-0.3, -0.25) is 4.79 Å². The Hall–Kier alpha value is -1.64. The number of likely N-dealkylation sites (tertiary alicyclic amines) is 1. The highest BCUT2D eigenvalue weighted by Gasteiger charge is 2.33. The first kappa shape index (κ1) is 18.7. The van der Waals surface area contributed by atoms with E-state index in [4.69, 9.17) is 4.52 Å². The molecule has 6 nitrogen and oxygen atoms in total. The SMILES string of the molecule is CC(C)c1nc([C@@H]2CCCN(C(=O)[C@H](C)OCC(F)(F)F)C2)no1. The maximum absolute atomic E-state index is 12.3. The second-order valence-electron chi connectivity index (χ2n) is 6.34. The zero-order valence-corrected chi connectivity index (χ0v) is 14.0. The second kappa shape index (κ2) is 7.50. The van der Waals surface area contributed by atoms with Crippen molar-refractivity contribution >= 4 is 5.91 Å². The van der Waals surface area contributed by atoms with Crippen LogP contribution in [-0.2, 0) is 9.53 Å². The highest BCUT2D eigenvalue weighted by Crippen LogP contribution is 2.27. The summed E-state index contributed by atoms with van der Waals surface area (Å²) in [6.07, 6.45) is -4.05. The summed E-state index contributed by atoms with van der Waals surface area (Å²) in [4.78, 5) is 18.1. The number of aromatic nitrogens is 2. The largest absolute Gasteiger partial charge is 0.411 e. The van der Waals surface area contributed by atoms with Gasteiger partial charge in [0, 0.05) is 24.9 Å². The molecule has 0 aromatic carbocycles. The Morgan fingerprint density at radius 3 is 2.71 bits per heavy atom. The number of alkyl halides is 3. The minimum Gasteiger partial charge on any atom is -0.359 e. The van der Waals surface area contributed by atoms with E-state index < -0.39 is 24.8 Å². The van der Waals surface area contributed by atoms with Crippen LogP contribution in [0.1, 0.15) is 57.2 Å². The zero-order chi connectivity index (χ0) is 17.9. The summed E-state index contributed by atoms with van der Waals surface area (Å²) in [5, 5.41) is 3.96. The second-order valence-corrected chi connectivity index (χ2v) is 6.34. The van der Waals surface area contributed by atoms with Gasteiger partial charge in [0.15, 0.2) is 5.82 Å². The van der Waals surface area contributed by atoms with Gasteiger partial charge in [0.1, 0.15) is 12.7 Å². The van der Waals surface area contributed by atoms with Gasteiger partial charge in [-0.05, 0) is 19.8 Å². The van der Waals surface area contributed by atoms with Crippen molar-refractivity contribution in [2.45, 2.75) is 57.7 Å². The van der Waals surface area contributed by atoms with Crippen LogP contribution < -0.4 is 0 Å². The summed E-state index contributed by atoms with van der Waals surface area (Å²) in [6.45, 7) is 4.63. The lowest BCUT2D eigenvalue weighted by molar-refractivity contribution is -0.188. The van der Waals surface area contributed by atoms with Crippen LogP contribution in [0.15, 0.2) is 4.52 Å². The molecule has 0 radical (unpaired) electrons. The molecule has 24 heavy (non-hydrogen) atoms. The lowest BCUT2D eigenvalue weighted by atomic mass is 9.97. The van der Waals surface area contributed by atoms with Gasteiger partial charge in [-0.2, -0.15) is 18.2 Å². The molecule has 136 valence electrons. The van der Waals surface area contributed by atoms with Crippen molar-refractivity contribution in [3.05, 3.63) is 11.7 Å². The maximum atomic E-state index is 12.3. The quantitative estimate of drug-likeness (QED) is 0.818. The van der Waals surface area contributed by atoms with E-state index in [9.17, 15) is 18.0 Å². The monoisotopic (exact) mass is 349 g/mol. The van der Waals surface area contributed by atoms with E-state index >= 15 is 0 Å². The summed E-state index contributed by atoms with van der Waals surface area (Å²) in [5.74, 6) is 0.670. The smallest absolute Gasteiger partial charge is 0.359 e. The van der Waals surface area contributed by atoms with Crippen LogP contribution >= 0.6 is 0 Å². The molecule has 0 unspecified atom stereocenters. The predicted molar refractivity (Wildman–Crippen MR) is 78.4 cm³/mol. The average Bonchev–Trinajstić information content (AvgIpc) is 3.01. The average molecular weight is 349 g/mol. The van der Waals surface area contributed by atoms with Crippen molar-refractivity contribution in [3.63, 3.8) is 0 Å². The van der Waals surface area contributed by atoms with E-state index in [0.29, 0.717) is 24.8 Å². The predicted octanol–water partition coefficient (Wildman–Crippen LogP) is 2.87. The third kappa shape index (κ3) is 4.93. The number of nitrogens with zero attached hydrogens (tertiary/aromatic N) is 3. The molecule has 0 N–H and O–H groups in total. The molecule has 2 heterocycles. The summed E-state index contributed by atoms with van der Waals surface area (Å²) in [7, 11) is 0. The van der Waals surface area contributed by atoms with Crippen LogP contribution in [-0.4, -0.2) is 52.9 Å². The Labute approximate surface area is 138 Å². The topological polar surface area (TPSA) is 68.5 Å². The van der Waals surface area contributed by atoms with Crippen LogP contribution in [0.5, 0.6) is 0 Å². The van der Waals surface area contributed by atoms with E-state index in [1.807, 2.05) is 13.8 Å². The van der Waals surface area contributed by atoms with Gasteiger partial charge < -0.3 is 14.2 Å². The van der Waals surface area contributed by atoms with Crippen molar-refractivity contribution in [1.29, 1.82) is 0 Å². The number of ether oxygens (including phenoxy) is 1. The maximum Gasteiger partial charge on any atom is 0.411 e. The van der Waals surface area contributed by atoms with Gasteiger partial charge in [0.05, 0.1) is 0 Å². The number of carbonyl (C=O) groups is 1. The number of piperidine rings is 1. The molecule has 1 aliphatic rings. The summed E-state index contributed by atoms with van der Waals surface area (Å²) in [6, 6.07) is 0.